The van der Waals surface area contributed by atoms with Crippen LogP contribution in [0.4, 0.5) is 0 Å². The maximum atomic E-state index is 6.47. The molecule has 0 aliphatic heterocycles. The second-order valence-electron chi connectivity index (χ2n) is 13.6. The van der Waals surface area contributed by atoms with E-state index in [1.807, 2.05) is 109 Å². The van der Waals surface area contributed by atoms with Crippen LogP contribution in [0.2, 0.25) is 0 Å². The van der Waals surface area contributed by atoms with Gasteiger partial charge < -0.3 is 4.42 Å². The molecule has 11 rings (SSSR count). The lowest BCUT2D eigenvalue weighted by Crippen LogP contribution is -2.00. The van der Waals surface area contributed by atoms with Gasteiger partial charge in [0.2, 0.25) is 0 Å². The van der Waals surface area contributed by atoms with Gasteiger partial charge in [0.1, 0.15) is 16.8 Å². The van der Waals surface area contributed by atoms with E-state index >= 15 is 0 Å². The second kappa shape index (κ2) is 13.2. The number of thiophene rings is 1. The Hall–Kier alpha value is -7.35. The van der Waals surface area contributed by atoms with Crippen molar-refractivity contribution in [3.8, 4) is 67.9 Å². The van der Waals surface area contributed by atoms with Crippen molar-refractivity contribution in [3.63, 3.8) is 0 Å². The van der Waals surface area contributed by atoms with Crippen molar-refractivity contribution in [2.45, 2.75) is 0 Å². The summed E-state index contributed by atoms with van der Waals surface area (Å²) < 4.78 is 8.83. The molecule has 7 heteroatoms. The third-order valence-electron chi connectivity index (χ3n) is 10.2. The SMILES string of the molecule is c1ccc(-c2nc(-c3ccccc3)nc(-c3cccc4sc5c(-c6cccc(-c7nc(-c8ccccc8)nc8c7oc7ccccc78)c6)cccc5c34)n2)cc1. The van der Waals surface area contributed by atoms with Gasteiger partial charge in [0.25, 0.3) is 0 Å². The van der Waals surface area contributed by atoms with E-state index in [-0.39, 0.29) is 0 Å². The summed E-state index contributed by atoms with van der Waals surface area (Å²) in [7, 11) is 0. The smallest absolute Gasteiger partial charge is 0.180 e. The Morgan fingerprint density at radius 3 is 1.64 bits per heavy atom. The molecule has 0 atom stereocenters. The minimum absolute atomic E-state index is 0.641. The summed E-state index contributed by atoms with van der Waals surface area (Å²) in [5, 5.41) is 3.25. The van der Waals surface area contributed by atoms with Crippen molar-refractivity contribution in [2.75, 3.05) is 0 Å². The van der Waals surface area contributed by atoms with Gasteiger partial charge in [0, 0.05) is 53.4 Å². The maximum Gasteiger partial charge on any atom is 0.180 e. The van der Waals surface area contributed by atoms with E-state index in [9.17, 15) is 0 Å². The minimum Gasteiger partial charge on any atom is -0.452 e. The first-order valence-electron chi connectivity index (χ1n) is 18.4. The Labute approximate surface area is 325 Å². The van der Waals surface area contributed by atoms with E-state index in [1.165, 1.54) is 4.70 Å². The van der Waals surface area contributed by atoms with Gasteiger partial charge in [0.05, 0.1) is 0 Å². The maximum absolute atomic E-state index is 6.47. The van der Waals surface area contributed by atoms with Crippen molar-refractivity contribution >= 4 is 53.6 Å². The summed E-state index contributed by atoms with van der Waals surface area (Å²) in [6.45, 7) is 0. The normalized spacial score (nSPS) is 11.6. The van der Waals surface area contributed by atoms with E-state index in [0.29, 0.717) is 28.9 Å². The predicted molar refractivity (Wildman–Crippen MR) is 228 cm³/mol. The predicted octanol–water partition coefficient (Wildman–Crippen LogP) is 12.9. The average Bonchev–Trinajstić information content (AvgIpc) is 3.86. The zero-order valence-electron chi connectivity index (χ0n) is 29.8. The molecule has 262 valence electrons. The molecule has 0 unspecified atom stereocenters. The summed E-state index contributed by atoms with van der Waals surface area (Å²) in [6, 6.07) is 59.9. The minimum atomic E-state index is 0.641. The molecule has 6 nitrogen and oxygen atoms in total. The van der Waals surface area contributed by atoms with E-state index in [4.69, 9.17) is 29.3 Å². The number of para-hydroxylation sites is 1. The Kier molecular flexibility index (Phi) is 7.57. The van der Waals surface area contributed by atoms with Gasteiger partial charge in [-0.15, -0.1) is 11.3 Å². The molecule has 11 aromatic rings. The summed E-state index contributed by atoms with van der Waals surface area (Å²) in [5.41, 5.74) is 10.0. The standard InChI is InChI=1S/C49H29N5OS/c1-4-15-30(16-5-1)46-50-42(44-43(51-46)36-23-10-11-27-39(36)55-44)34-22-12-21-33(29-34)35-24-13-25-37-41-38(26-14-28-40(41)56-45(35)37)49-53-47(31-17-6-2-7-18-31)52-48(54-49)32-19-8-3-9-20-32/h1-29H. The molecule has 56 heavy (non-hydrogen) atoms. The van der Waals surface area contributed by atoms with Gasteiger partial charge in [-0.05, 0) is 35.4 Å². The number of hydrogen-bond acceptors (Lipinski definition) is 7. The Bertz CT molecular complexity index is 3190. The van der Waals surface area contributed by atoms with Crippen LogP contribution in [-0.4, -0.2) is 24.9 Å². The van der Waals surface area contributed by atoms with Crippen LogP contribution in [0.3, 0.4) is 0 Å². The van der Waals surface area contributed by atoms with E-state index in [1.54, 1.807) is 11.3 Å². The molecule has 0 radical (unpaired) electrons. The quantitative estimate of drug-likeness (QED) is 0.169. The van der Waals surface area contributed by atoms with Gasteiger partial charge in [0.15, 0.2) is 28.9 Å². The molecular formula is C49H29N5OS. The van der Waals surface area contributed by atoms with E-state index in [2.05, 4.69) is 66.7 Å². The van der Waals surface area contributed by atoms with Crippen LogP contribution >= 0.6 is 11.3 Å². The van der Waals surface area contributed by atoms with Crippen LogP contribution < -0.4 is 0 Å². The molecule has 0 aliphatic rings. The van der Waals surface area contributed by atoms with Crippen LogP contribution in [0.25, 0.3) is 110 Å². The Morgan fingerprint density at radius 1 is 0.393 bits per heavy atom. The summed E-state index contributed by atoms with van der Waals surface area (Å²) in [6.07, 6.45) is 0. The highest BCUT2D eigenvalue weighted by molar-refractivity contribution is 7.26. The fourth-order valence-electron chi connectivity index (χ4n) is 7.53. The van der Waals surface area contributed by atoms with Crippen LogP contribution in [0, 0.1) is 0 Å². The lowest BCUT2D eigenvalue weighted by atomic mass is 9.98. The third kappa shape index (κ3) is 5.44. The molecule has 4 heterocycles. The van der Waals surface area contributed by atoms with Crippen LogP contribution in [-0.2, 0) is 0 Å². The van der Waals surface area contributed by atoms with Gasteiger partial charge in [-0.3, -0.25) is 0 Å². The number of benzene rings is 7. The first kappa shape index (κ1) is 32.1. The lowest BCUT2D eigenvalue weighted by Gasteiger charge is -2.10. The number of aromatic nitrogens is 5. The highest BCUT2D eigenvalue weighted by Gasteiger charge is 2.21. The zero-order valence-corrected chi connectivity index (χ0v) is 30.6. The summed E-state index contributed by atoms with van der Waals surface area (Å²) in [5.74, 6) is 2.58. The fourth-order valence-corrected chi connectivity index (χ4v) is 8.79. The molecule has 0 saturated carbocycles. The molecule has 0 bridgehead atoms. The van der Waals surface area contributed by atoms with E-state index in [0.717, 1.165) is 76.6 Å². The number of nitrogens with zero attached hydrogens (tertiary/aromatic N) is 5. The highest BCUT2D eigenvalue weighted by Crippen LogP contribution is 2.44. The molecule has 0 spiro atoms. The van der Waals surface area contributed by atoms with Crippen molar-refractivity contribution in [3.05, 3.63) is 176 Å². The van der Waals surface area contributed by atoms with Gasteiger partial charge in [-0.2, -0.15) is 0 Å². The van der Waals surface area contributed by atoms with Crippen molar-refractivity contribution in [1.29, 1.82) is 0 Å². The van der Waals surface area contributed by atoms with Gasteiger partial charge in [-0.25, -0.2) is 24.9 Å². The summed E-state index contributed by atoms with van der Waals surface area (Å²) >= 11 is 1.78. The second-order valence-corrected chi connectivity index (χ2v) is 14.7. The Morgan fingerprint density at radius 2 is 0.929 bits per heavy atom. The van der Waals surface area contributed by atoms with Gasteiger partial charge >= 0.3 is 0 Å². The average molecular weight is 736 g/mol. The molecule has 0 saturated heterocycles. The molecule has 4 aromatic heterocycles. The first-order valence-corrected chi connectivity index (χ1v) is 19.2. The van der Waals surface area contributed by atoms with Crippen LogP contribution in [0.1, 0.15) is 0 Å². The number of rotatable bonds is 6. The van der Waals surface area contributed by atoms with Crippen LogP contribution in [0.15, 0.2) is 180 Å². The Balaban J connectivity index is 1.09. The molecular weight excluding hydrogens is 707 g/mol. The molecule has 0 fully saturated rings. The fraction of sp³-hybridized carbons (Fsp3) is 0. The van der Waals surface area contributed by atoms with Crippen molar-refractivity contribution in [1.82, 2.24) is 24.9 Å². The molecule has 0 N–H and O–H groups in total. The van der Waals surface area contributed by atoms with Crippen LogP contribution in [0.5, 0.6) is 0 Å². The summed E-state index contributed by atoms with van der Waals surface area (Å²) in [4.78, 5) is 25.3. The molecule has 0 aliphatic carbocycles. The topological polar surface area (TPSA) is 77.6 Å². The van der Waals surface area contributed by atoms with Crippen molar-refractivity contribution in [2.24, 2.45) is 0 Å². The molecule has 0 amide bonds. The monoisotopic (exact) mass is 735 g/mol. The lowest BCUT2D eigenvalue weighted by molar-refractivity contribution is 0.667. The number of hydrogen-bond donors (Lipinski definition) is 0. The highest BCUT2D eigenvalue weighted by atomic mass is 32.1. The zero-order chi connectivity index (χ0) is 37.0. The number of fused-ring (bicyclic) bond motifs is 6. The largest absolute Gasteiger partial charge is 0.452 e. The third-order valence-corrected chi connectivity index (χ3v) is 11.4. The molecule has 7 aromatic carbocycles. The van der Waals surface area contributed by atoms with E-state index < -0.39 is 0 Å². The van der Waals surface area contributed by atoms with Gasteiger partial charge in [-0.1, -0.05) is 152 Å². The van der Waals surface area contributed by atoms with Crippen molar-refractivity contribution < 1.29 is 4.42 Å². The first-order chi connectivity index (χ1) is 27.7. The number of furan rings is 1.